The van der Waals surface area contributed by atoms with Crippen molar-refractivity contribution in [2.45, 2.75) is 4.90 Å². The van der Waals surface area contributed by atoms with Crippen LogP contribution in [0.3, 0.4) is 0 Å². The number of amides is 1. The molecule has 0 bridgehead atoms. The molecule has 0 aromatic heterocycles. The molecule has 2 N–H and O–H groups in total. The van der Waals surface area contributed by atoms with Crippen LogP contribution in [0.5, 0.6) is 17.2 Å². The van der Waals surface area contributed by atoms with Gasteiger partial charge in [0.2, 0.25) is 0 Å². The van der Waals surface area contributed by atoms with Crippen LogP contribution in [-0.4, -0.2) is 31.5 Å². The number of nitrogens with one attached hydrogen (secondary N) is 1. The molecule has 2 aromatic carbocycles. The molecule has 0 aliphatic heterocycles. The van der Waals surface area contributed by atoms with Crippen LogP contribution in [0.2, 0.25) is 0 Å². The van der Waals surface area contributed by atoms with Crippen LogP contribution in [0.1, 0.15) is 10.4 Å². The summed E-state index contributed by atoms with van der Waals surface area (Å²) in [5.74, 6) is 0.501. The molecule has 0 unspecified atom stereocenters. The average Bonchev–Trinajstić information content (AvgIpc) is 2.54. The largest absolute Gasteiger partial charge is 0.504 e. The molecule has 2 aromatic rings. The van der Waals surface area contributed by atoms with E-state index in [2.05, 4.69) is 5.32 Å². The van der Waals surface area contributed by atoms with Gasteiger partial charge < -0.3 is 19.9 Å². The van der Waals surface area contributed by atoms with Gasteiger partial charge in [0.05, 0.1) is 19.8 Å². The average molecular weight is 319 g/mol. The predicted octanol–water partition coefficient (Wildman–Crippen LogP) is 3.38. The number of methoxy groups -OCH3 is 2. The summed E-state index contributed by atoms with van der Waals surface area (Å²) in [5.41, 5.74) is 0.898. The van der Waals surface area contributed by atoms with Crippen LogP contribution in [0, 0.1) is 0 Å². The zero-order chi connectivity index (χ0) is 16.1. The van der Waals surface area contributed by atoms with E-state index in [0.29, 0.717) is 22.7 Å². The molecule has 0 radical (unpaired) electrons. The van der Waals surface area contributed by atoms with E-state index in [0.717, 1.165) is 4.90 Å². The molecule has 5 nitrogen and oxygen atoms in total. The highest BCUT2D eigenvalue weighted by molar-refractivity contribution is 7.98. The number of thioether (sulfide) groups is 1. The molecule has 0 aliphatic carbocycles. The van der Waals surface area contributed by atoms with Crippen LogP contribution >= 0.6 is 11.8 Å². The maximum absolute atomic E-state index is 12.3. The molecule has 0 spiro atoms. The second-order valence-corrected chi connectivity index (χ2v) is 5.29. The van der Waals surface area contributed by atoms with Crippen LogP contribution < -0.4 is 14.8 Å². The van der Waals surface area contributed by atoms with Crippen LogP contribution in [0.25, 0.3) is 0 Å². The van der Waals surface area contributed by atoms with Crippen molar-refractivity contribution >= 4 is 23.4 Å². The number of aromatic hydroxyl groups is 1. The molecule has 116 valence electrons. The molecular formula is C16H17NO4S. The van der Waals surface area contributed by atoms with Crippen molar-refractivity contribution in [3.8, 4) is 17.2 Å². The summed E-state index contributed by atoms with van der Waals surface area (Å²) >= 11 is 1.57. The molecule has 1 amide bonds. The van der Waals surface area contributed by atoms with Gasteiger partial charge in [0.1, 0.15) is 5.75 Å². The van der Waals surface area contributed by atoms with Crippen LogP contribution in [0.4, 0.5) is 5.69 Å². The first-order valence-electron chi connectivity index (χ1n) is 6.49. The molecule has 0 fully saturated rings. The van der Waals surface area contributed by atoms with E-state index in [4.69, 9.17) is 9.47 Å². The maximum atomic E-state index is 12.3. The van der Waals surface area contributed by atoms with Gasteiger partial charge in [-0.2, -0.15) is 0 Å². The Morgan fingerprint density at radius 3 is 2.41 bits per heavy atom. The highest BCUT2D eigenvalue weighted by Gasteiger charge is 2.14. The lowest BCUT2D eigenvalue weighted by atomic mass is 10.1. The van der Waals surface area contributed by atoms with Crippen molar-refractivity contribution in [1.29, 1.82) is 0 Å². The number of hydrogen-bond donors (Lipinski definition) is 2. The summed E-state index contributed by atoms with van der Waals surface area (Å²) in [6, 6.07) is 10.0. The van der Waals surface area contributed by atoms with E-state index in [1.165, 1.54) is 20.3 Å². The highest BCUT2D eigenvalue weighted by Crippen LogP contribution is 2.30. The molecule has 0 atom stereocenters. The number of phenols is 1. The summed E-state index contributed by atoms with van der Waals surface area (Å²) in [4.78, 5) is 13.4. The van der Waals surface area contributed by atoms with E-state index in [9.17, 15) is 9.90 Å². The zero-order valence-electron chi connectivity index (χ0n) is 12.5. The van der Waals surface area contributed by atoms with Gasteiger partial charge in [-0.25, -0.2) is 0 Å². The summed E-state index contributed by atoms with van der Waals surface area (Å²) in [5, 5.41) is 12.5. The lowest BCUT2D eigenvalue weighted by Gasteiger charge is -2.11. The number of benzene rings is 2. The van der Waals surface area contributed by atoms with Gasteiger partial charge in [0.25, 0.3) is 5.91 Å². The highest BCUT2D eigenvalue weighted by atomic mass is 32.2. The second-order valence-electron chi connectivity index (χ2n) is 4.41. The fourth-order valence-electron chi connectivity index (χ4n) is 1.95. The monoisotopic (exact) mass is 319 g/mol. The van der Waals surface area contributed by atoms with Crippen molar-refractivity contribution < 1.29 is 19.4 Å². The Hall–Kier alpha value is -2.34. The minimum absolute atomic E-state index is 0.0370. The van der Waals surface area contributed by atoms with Gasteiger partial charge >= 0.3 is 0 Å². The number of anilines is 1. The normalized spacial score (nSPS) is 10.1. The first-order chi connectivity index (χ1) is 10.6. The fraction of sp³-hybridized carbons (Fsp3) is 0.188. The van der Waals surface area contributed by atoms with Gasteiger partial charge in [-0.3, -0.25) is 4.79 Å². The summed E-state index contributed by atoms with van der Waals surface area (Å²) in [7, 11) is 2.99. The Kier molecular flexibility index (Phi) is 5.16. The summed E-state index contributed by atoms with van der Waals surface area (Å²) < 4.78 is 10.2. The molecule has 6 heteroatoms. The van der Waals surface area contributed by atoms with Crippen molar-refractivity contribution in [1.82, 2.24) is 0 Å². The predicted molar refractivity (Wildman–Crippen MR) is 87.4 cm³/mol. The van der Waals surface area contributed by atoms with Gasteiger partial charge in [-0.15, -0.1) is 11.8 Å². The standard InChI is InChI=1S/C16H17NO4S/c1-20-14-7-4-10(8-13(14)18)17-16(19)12-6-5-11(22-3)9-15(12)21-2/h4-9,18H,1-3H3,(H,17,19). The molecule has 0 saturated carbocycles. The van der Waals surface area contributed by atoms with Crippen molar-refractivity contribution in [3.05, 3.63) is 42.0 Å². The Bertz CT molecular complexity index is 688. The van der Waals surface area contributed by atoms with E-state index in [-0.39, 0.29) is 11.7 Å². The minimum atomic E-state index is -0.311. The third kappa shape index (κ3) is 3.46. The number of carbonyl (C=O) groups excluding carboxylic acids is 1. The Morgan fingerprint density at radius 1 is 1.09 bits per heavy atom. The SMILES string of the molecule is COc1ccc(NC(=O)c2ccc(SC)cc2OC)cc1O. The lowest BCUT2D eigenvalue weighted by molar-refractivity contribution is 0.102. The van der Waals surface area contributed by atoms with Crippen molar-refractivity contribution in [2.75, 3.05) is 25.8 Å². The number of hydrogen-bond acceptors (Lipinski definition) is 5. The van der Waals surface area contributed by atoms with Crippen molar-refractivity contribution in [3.63, 3.8) is 0 Å². The number of ether oxygens (including phenoxy) is 2. The maximum Gasteiger partial charge on any atom is 0.259 e. The lowest BCUT2D eigenvalue weighted by Crippen LogP contribution is -2.13. The quantitative estimate of drug-likeness (QED) is 0.827. The van der Waals surface area contributed by atoms with E-state index >= 15 is 0 Å². The number of rotatable bonds is 5. The molecule has 2 rings (SSSR count). The Morgan fingerprint density at radius 2 is 1.82 bits per heavy atom. The smallest absolute Gasteiger partial charge is 0.259 e. The fourth-order valence-corrected chi connectivity index (χ4v) is 2.38. The van der Waals surface area contributed by atoms with Gasteiger partial charge in [-0.1, -0.05) is 0 Å². The minimum Gasteiger partial charge on any atom is -0.504 e. The van der Waals surface area contributed by atoms with E-state index < -0.39 is 0 Å². The first-order valence-corrected chi connectivity index (χ1v) is 7.72. The number of phenolic OH excluding ortho intramolecular Hbond substituents is 1. The van der Waals surface area contributed by atoms with Gasteiger partial charge in [-0.05, 0) is 36.6 Å². The summed E-state index contributed by atoms with van der Waals surface area (Å²) in [6.07, 6.45) is 1.95. The van der Waals surface area contributed by atoms with Gasteiger partial charge in [0, 0.05) is 16.6 Å². The third-order valence-electron chi connectivity index (χ3n) is 3.09. The van der Waals surface area contributed by atoms with Gasteiger partial charge in [0.15, 0.2) is 11.5 Å². The zero-order valence-corrected chi connectivity index (χ0v) is 13.4. The molecule has 0 saturated heterocycles. The topological polar surface area (TPSA) is 67.8 Å². The Labute approximate surface area is 133 Å². The molecule has 0 heterocycles. The van der Waals surface area contributed by atoms with E-state index in [1.54, 1.807) is 30.0 Å². The van der Waals surface area contributed by atoms with Crippen LogP contribution in [-0.2, 0) is 0 Å². The molecule has 0 aliphatic rings. The first kappa shape index (κ1) is 16.0. The number of carbonyl (C=O) groups is 1. The summed E-state index contributed by atoms with van der Waals surface area (Å²) in [6.45, 7) is 0. The van der Waals surface area contributed by atoms with E-state index in [1.807, 2.05) is 18.4 Å². The third-order valence-corrected chi connectivity index (χ3v) is 3.82. The Balaban J connectivity index is 2.23. The molecule has 22 heavy (non-hydrogen) atoms. The second kappa shape index (κ2) is 7.09. The molecular weight excluding hydrogens is 302 g/mol. The van der Waals surface area contributed by atoms with Crippen molar-refractivity contribution in [2.24, 2.45) is 0 Å². The van der Waals surface area contributed by atoms with Crippen LogP contribution in [0.15, 0.2) is 41.3 Å².